The summed E-state index contributed by atoms with van der Waals surface area (Å²) in [6.07, 6.45) is 6.07. The minimum absolute atomic E-state index is 0.0206. The highest BCUT2D eigenvalue weighted by Crippen LogP contribution is 2.39. The summed E-state index contributed by atoms with van der Waals surface area (Å²) in [6, 6.07) is 5.39. The molecule has 6 heteroatoms. The van der Waals surface area contributed by atoms with Crippen LogP contribution in [0.15, 0.2) is 30.5 Å². The monoisotopic (exact) mass is 405 g/mol. The largest absolute Gasteiger partial charge is 0.493 e. The van der Waals surface area contributed by atoms with E-state index in [0.717, 1.165) is 56.1 Å². The van der Waals surface area contributed by atoms with Crippen molar-refractivity contribution in [2.45, 2.75) is 62.7 Å². The lowest BCUT2D eigenvalue weighted by Gasteiger charge is -2.37. The van der Waals surface area contributed by atoms with E-state index in [1.54, 1.807) is 12.1 Å². The van der Waals surface area contributed by atoms with E-state index in [1.165, 1.54) is 0 Å². The summed E-state index contributed by atoms with van der Waals surface area (Å²) in [5, 5.41) is 13.8. The predicted molar refractivity (Wildman–Crippen MR) is 107 cm³/mol. The van der Waals surface area contributed by atoms with Crippen LogP contribution in [0.4, 0.5) is 0 Å². The molecular formula is C22H28ClNO4. The minimum Gasteiger partial charge on any atom is -0.493 e. The highest BCUT2D eigenvalue weighted by Gasteiger charge is 2.37. The Hall–Kier alpha value is -1.56. The number of benzene rings is 1. The molecule has 0 saturated heterocycles. The standard InChI is InChI=1S/C22H28ClNO4/c1-14-17-5-2-3-6-18(17)21(26)28-20-8-7-15(11-16(20)13-27-14)19(25)12-24-22(23)9-4-10-22/h7-8,11,17-19,24-25H,1-6,9-10,12-13H2. The first-order chi connectivity index (χ1) is 13.5. The maximum atomic E-state index is 12.7. The van der Waals surface area contributed by atoms with Crippen molar-refractivity contribution in [3.05, 3.63) is 41.7 Å². The third-order valence-corrected chi connectivity index (χ3v) is 6.85. The molecule has 28 heavy (non-hydrogen) atoms. The van der Waals surface area contributed by atoms with Crippen molar-refractivity contribution in [3.8, 4) is 5.75 Å². The molecule has 1 aromatic carbocycles. The SMILES string of the molecule is C=C1OCc2cc(C(O)CNC3(Cl)CCC3)ccc2OC(=O)C2CCCCC12. The number of alkyl halides is 1. The fourth-order valence-corrected chi connectivity index (χ4v) is 4.68. The fraction of sp³-hybridized carbons (Fsp3) is 0.591. The molecule has 3 aliphatic rings. The molecule has 2 aliphatic carbocycles. The van der Waals surface area contributed by atoms with Gasteiger partial charge in [0.15, 0.2) is 0 Å². The van der Waals surface area contributed by atoms with Crippen LogP contribution in [0.5, 0.6) is 5.75 Å². The lowest BCUT2D eigenvalue weighted by Crippen LogP contribution is -2.47. The van der Waals surface area contributed by atoms with E-state index in [2.05, 4.69) is 11.9 Å². The molecule has 1 heterocycles. The lowest BCUT2D eigenvalue weighted by molar-refractivity contribution is -0.141. The number of carbonyl (C=O) groups is 1. The Morgan fingerprint density at radius 1 is 1.25 bits per heavy atom. The van der Waals surface area contributed by atoms with E-state index in [-0.39, 0.29) is 29.4 Å². The van der Waals surface area contributed by atoms with E-state index >= 15 is 0 Å². The zero-order valence-electron chi connectivity index (χ0n) is 16.1. The van der Waals surface area contributed by atoms with Gasteiger partial charge in [0.05, 0.1) is 22.8 Å². The van der Waals surface area contributed by atoms with Crippen LogP contribution in [0.3, 0.4) is 0 Å². The fourth-order valence-electron chi connectivity index (χ4n) is 4.34. The van der Waals surface area contributed by atoms with Crippen molar-refractivity contribution < 1.29 is 19.4 Å². The highest BCUT2D eigenvalue weighted by molar-refractivity contribution is 6.24. The van der Waals surface area contributed by atoms with E-state index in [0.29, 0.717) is 18.1 Å². The van der Waals surface area contributed by atoms with Gasteiger partial charge in [-0.1, -0.05) is 25.5 Å². The second-order valence-electron chi connectivity index (χ2n) is 8.26. The Labute approximate surface area is 171 Å². The molecule has 3 unspecified atom stereocenters. The summed E-state index contributed by atoms with van der Waals surface area (Å²) in [4.78, 5) is 12.4. The van der Waals surface area contributed by atoms with Crippen molar-refractivity contribution in [2.75, 3.05) is 6.54 Å². The van der Waals surface area contributed by atoms with Crippen LogP contribution in [-0.4, -0.2) is 22.6 Å². The van der Waals surface area contributed by atoms with Gasteiger partial charge >= 0.3 is 5.97 Å². The third kappa shape index (κ3) is 4.07. The first-order valence-electron chi connectivity index (χ1n) is 10.2. The molecule has 0 spiro atoms. The quantitative estimate of drug-likeness (QED) is 0.340. The van der Waals surface area contributed by atoms with Gasteiger partial charge in [-0.25, -0.2) is 0 Å². The number of hydrogen-bond acceptors (Lipinski definition) is 5. The maximum absolute atomic E-state index is 12.7. The van der Waals surface area contributed by atoms with Gasteiger partial charge in [0.1, 0.15) is 12.4 Å². The van der Waals surface area contributed by atoms with E-state index in [1.807, 2.05) is 6.07 Å². The predicted octanol–water partition coefficient (Wildman–Crippen LogP) is 4.18. The number of allylic oxidation sites excluding steroid dienone is 1. The number of halogens is 1. The van der Waals surface area contributed by atoms with Crippen molar-refractivity contribution >= 4 is 17.6 Å². The Morgan fingerprint density at radius 3 is 2.71 bits per heavy atom. The summed E-state index contributed by atoms with van der Waals surface area (Å²) in [5.74, 6) is 0.787. The molecule has 1 aliphatic heterocycles. The molecule has 2 saturated carbocycles. The molecule has 1 aromatic rings. The van der Waals surface area contributed by atoms with Crippen molar-refractivity contribution in [1.82, 2.24) is 5.32 Å². The van der Waals surface area contributed by atoms with E-state index in [9.17, 15) is 9.90 Å². The molecule has 0 amide bonds. The van der Waals surface area contributed by atoms with Gasteiger partial charge in [0, 0.05) is 18.0 Å². The number of carbonyl (C=O) groups excluding carboxylic acids is 1. The average molecular weight is 406 g/mol. The Kier molecular flexibility index (Phi) is 5.68. The zero-order valence-corrected chi connectivity index (χ0v) is 16.8. The minimum atomic E-state index is -0.698. The normalized spacial score (nSPS) is 27.6. The van der Waals surface area contributed by atoms with Gasteiger partial charge < -0.3 is 14.6 Å². The molecule has 0 bridgehead atoms. The first kappa shape index (κ1) is 19.7. The first-order valence-corrected chi connectivity index (χ1v) is 10.6. The lowest BCUT2D eigenvalue weighted by atomic mass is 9.78. The van der Waals surface area contributed by atoms with E-state index < -0.39 is 6.10 Å². The van der Waals surface area contributed by atoms with Crippen LogP contribution in [0, 0.1) is 11.8 Å². The van der Waals surface area contributed by atoms with Crippen molar-refractivity contribution in [3.63, 3.8) is 0 Å². The number of ether oxygens (including phenoxy) is 2. The van der Waals surface area contributed by atoms with Crippen LogP contribution >= 0.6 is 11.6 Å². The second-order valence-corrected chi connectivity index (χ2v) is 8.98. The van der Waals surface area contributed by atoms with Crippen molar-refractivity contribution in [2.24, 2.45) is 11.8 Å². The summed E-state index contributed by atoms with van der Waals surface area (Å²) < 4.78 is 11.7. The van der Waals surface area contributed by atoms with Gasteiger partial charge in [-0.05, 0) is 49.8 Å². The summed E-state index contributed by atoms with van der Waals surface area (Å²) >= 11 is 6.39. The highest BCUT2D eigenvalue weighted by atomic mass is 35.5. The topological polar surface area (TPSA) is 67.8 Å². The number of esters is 1. The third-order valence-electron chi connectivity index (χ3n) is 6.33. The Bertz CT molecular complexity index is 761. The molecule has 152 valence electrons. The van der Waals surface area contributed by atoms with Gasteiger partial charge in [0.25, 0.3) is 0 Å². The van der Waals surface area contributed by atoms with Gasteiger partial charge in [0.2, 0.25) is 0 Å². The Balaban J connectivity index is 1.51. The molecule has 2 N–H and O–H groups in total. The van der Waals surface area contributed by atoms with Crippen LogP contribution in [0.1, 0.15) is 62.2 Å². The Morgan fingerprint density at radius 2 is 2.00 bits per heavy atom. The number of rotatable bonds is 4. The molecule has 3 atom stereocenters. The summed E-state index contributed by atoms with van der Waals surface area (Å²) in [7, 11) is 0. The van der Waals surface area contributed by atoms with E-state index in [4.69, 9.17) is 21.1 Å². The number of nitrogens with one attached hydrogen (secondary N) is 1. The number of fused-ring (bicyclic) bond motifs is 2. The van der Waals surface area contributed by atoms with Gasteiger partial charge in [-0.3, -0.25) is 10.1 Å². The van der Waals surface area contributed by atoms with Crippen molar-refractivity contribution in [1.29, 1.82) is 0 Å². The number of aliphatic hydroxyl groups is 1. The van der Waals surface area contributed by atoms with Gasteiger partial charge in [-0.2, -0.15) is 0 Å². The van der Waals surface area contributed by atoms with Crippen LogP contribution in [0.2, 0.25) is 0 Å². The van der Waals surface area contributed by atoms with Crippen LogP contribution < -0.4 is 10.1 Å². The maximum Gasteiger partial charge on any atom is 0.315 e. The number of aliphatic hydroxyl groups excluding tert-OH is 1. The zero-order chi connectivity index (χ0) is 19.7. The van der Waals surface area contributed by atoms with Crippen LogP contribution in [0.25, 0.3) is 0 Å². The molecule has 4 rings (SSSR count). The second kappa shape index (κ2) is 8.05. The van der Waals surface area contributed by atoms with Gasteiger partial charge in [-0.15, -0.1) is 11.6 Å². The number of hydrogen-bond donors (Lipinski definition) is 2. The van der Waals surface area contributed by atoms with Crippen LogP contribution in [-0.2, 0) is 16.1 Å². The molecule has 0 radical (unpaired) electrons. The smallest absolute Gasteiger partial charge is 0.315 e. The molecule has 5 nitrogen and oxygen atoms in total. The molecule has 0 aromatic heterocycles. The molecular weight excluding hydrogens is 378 g/mol. The molecule has 2 fully saturated rings. The summed E-state index contributed by atoms with van der Waals surface area (Å²) in [6.45, 7) is 4.73. The summed E-state index contributed by atoms with van der Waals surface area (Å²) in [5.41, 5.74) is 1.49. The average Bonchev–Trinajstić information content (AvgIpc) is 2.73.